The van der Waals surface area contributed by atoms with Crippen LogP contribution in [0.3, 0.4) is 0 Å². The summed E-state index contributed by atoms with van der Waals surface area (Å²) in [7, 11) is 0. The van der Waals surface area contributed by atoms with Crippen LogP contribution in [0.2, 0.25) is 0 Å². The summed E-state index contributed by atoms with van der Waals surface area (Å²) in [6.07, 6.45) is 4.66. The summed E-state index contributed by atoms with van der Waals surface area (Å²) in [5, 5.41) is 16.9. The maximum absolute atomic E-state index is 10.3. The van der Waals surface area contributed by atoms with Gasteiger partial charge in [-0.1, -0.05) is 0 Å². The largest absolute Gasteiger partial charge is 0.480 e. The van der Waals surface area contributed by atoms with Crippen LogP contribution in [0.4, 0.5) is 0 Å². The topological polar surface area (TPSA) is 83.5 Å². The zero-order chi connectivity index (χ0) is 8.20. The second-order valence-corrected chi connectivity index (χ2v) is 2.00. The van der Waals surface area contributed by atoms with Gasteiger partial charge in [0.1, 0.15) is 5.54 Å². The molecule has 0 aromatic rings. The molecule has 0 amide bonds. The molecule has 0 rings (SSSR count). The van der Waals surface area contributed by atoms with Gasteiger partial charge in [-0.05, 0) is 0 Å². The van der Waals surface area contributed by atoms with E-state index < -0.39 is 18.1 Å². The zero-order valence-electron chi connectivity index (χ0n) is 5.37. The van der Waals surface area contributed by atoms with Gasteiger partial charge in [-0.3, -0.25) is 4.79 Å². The molecule has 56 valence electrons. The van der Waals surface area contributed by atoms with Crippen molar-refractivity contribution in [3.8, 4) is 12.3 Å². The highest BCUT2D eigenvalue weighted by atomic mass is 16.4. The Morgan fingerprint density at radius 1 is 1.80 bits per heavy atom. The number of rotatable bonds is 3. The molecule has 0 saturated heterocycles. The van der Waals surface area contributed by atoms with Crippen LogP contribution in [0.25, 0.3) is 0 Å². The lowest BCUT2D eigenvalue weighted by Crippen LogP contribution is -2.50. The summed E-state index contributed by atoms with van der Waals surface area (Å²) in [6.45, 7) is -0.646. The number of hydrogen-bond donors (Lipinski definition) is 3. The van der Waals surface area contributed by atoms with Gasteiger partial charge >= 0.3 is 5.97 Å². The quantitative estimate of drug-likeness (QED) is 0.432. The summed E-state index contributed by atoms with van der Waals surface area (Å²) >= 11 is 0. The minimum Gasteiger partial charge on any atom is -0.480 e. The van der Waals surface area contributed by atoms with Crippen molar-refractivity contribution in [2.75, 3.05) is 6.61 Å². The predicted molar refractivity (Wildman–Crippen MR) is 35.1 cm³/mol. The lowest BCUT2D eigenvalue weighted by molar-refractivity contribution is -0.144. The molecule has 0 saturated carbocycles. The highest BCUT2D eigenvalue weighted by molar-refractivity contribution is 5.79. The van der Waals surface area contributed by atoms with E-state index in [9.17, 15) is 4.79 Å². The Morgan fingerprint density at radius 2 is 2.30 bits per heavy atom. The van der Waals surface area contributed by atoms with Crippen LogP contribution in [0, 0.1) is 12.3 Å². The normalized spacial score (nSPS) is 15.3. The molecule has 0 aliphatic rings. The summed E-state index contributed by atoms with van der Waals surface area (Å²) in [5.74, 6) is 0.790. The van der Waals surface area contributed by atoms with Crippen LogP contribution in [0.5, 0.6) is 0 Å². The highest BCUT2D eigenvalue weighted by Gasteiger charge is 2.31. The molecule has 4 heteroatoms. The lowest BCUT2D eigenvalue weighted by Gasteiger charge is -2.17. The summed E-state index contributed by atoms with van der Waals surface area (Å²) in [6, 6.07) is 0. The Morgan fingerprint density at radius 3 is 2.40 bits per heavy atom. The third-order valence-corrected chi connectivity index (χ3v) is 1.13. The van der Waals surface area contributed by atoms with Crippen molar-refractivity contribution in [1.29, 1.82) is 0 Å². The maximum Gasteiger partial charge on any atom is 0.327 e. The van der Waals surface area contributed by atoms with Crippen LogP contribution in [0.15, 0.2) is 0 Å². The molecule has 0 fully saturated rings. The second kappa shape index (κ2) is 3.20. The van der Waals surface area contributed by atoms with E-state index in [-0.39, 0.29) is 6.42 Å². The number of carbonyl (C=O) groups is 1. The van der Waals surface area contributed by atoms with E-state index in [0.717, 1.165) is 0 Å². The van der Waals surface area contributed by atoms with E-state index in [1.807, 2.05) is 0 Å². The minimum absolute atomic E-state index is 0.168. The van der Waals surface area contributed by atoms with Gasteiger partial charge in [0.15, 0.2) is 0 Å². The molecule has 10 heavy (non-hydrogen) atoms. The molecule has 0 aromatic carbocycles. The van der Waals surface area contributed by atoms with Gasteiger partial charge in [-0.15, -0.1) is 12.3 Å². The third kappa shape index (κ3) is 1.72. The first-order chi connectivity index (χ1) is 4.56. The van der Waals surface area contributed by atoms with Crippen molar-refractivity contribution >= 4 is 5.97 Å². The molecule has 0 spiro atoms. The van der Waals surface area contributed by atoms with Gasteiger partial charge in [-0.2, -0.15) is 0 Å². The molecule has 4 nitrogen and oxygen atoms in total. The Bertz CT molecular complexity index is 172. The lowest BCUT2D eigenvalue weighted by atomic mass is 9.99. The Labute approximate surface area is 58.7 Å². The van der Waals surface area contributed by atoms with Gasteiger partial charge in [0, 0.05) is 6.42 Å². The van der Waals surface area contributed by atoms with Crippen molar-refractivity contribution in [3.05, 3.63) is 0 Å². The average molecular weight is 143 g/mol. The number of aliphatic hydroxyl groups excluding tert-OH is 1. The molecule has 0 heterocycles. The molecule has 0 unspecified atom stereocenters. The molecular weight excluding hydrogens is 134 g/mol. The van der Waals surface area contributed by atoms with Crippen LogP contribution in [-0.2, 0) is 4.79 Å². The average Bonchev–Trinajstić information content (AvgIpc) is 1.88. The molecule has 0 aromatic heterocycles. The number of nitrogens with two attached hydrogens (primary N) is 1. The first-order valence-electron chi connectivity index (χ1n) is 2.63. The summed E-state index contributed by atoms with van der Waals surface area (Å²) in [5.41, 5.74) is 3.49. The number of terminal acetylenes is 1. The fraction of sp³-hybridized carbons (Fsp3) is 0.500. The van der Waals surface area contributed by atoms with Gasteiger partial charge in [-0.25, -0.2) is 0 Å². The molecule has 0 aliphatic carbocycles. The monoisotopic (exact) mass is 143 g/mol. The first kappa shape index (κ1) is 8.95. The van der Waals surface area contributed by atoms with Gasteiger partial charge < -0.3 is 15.9 Å². The SMILES string of the molecule is C#CC[C@](N)(CO)C(=O)O. The molecule has 1 atom stereocenters. The number of hydrogen-bond acceptors (Lipinski definition) is 3. The Kier molecular flexibility index (Phi) is 2.87. The minimum atomic E-state index is -1.67. The number of aliphatic carboxylic acids is 1. The first-order valence-corrected chi connectivity index (χ1v) is 2.63. The van der Waals surface area contributed by atoms with Crippen molar-refractivity contribution in [3.63, 3.8) is 0 Å². The maximum atomic E-state index is 10.3. The Balaban J connectivity index is 4.26. The predicted octanol–water partition coefficient (Wildman–Crippen LogP) is -1.22. The van der Waals surface area contributed by atoms with E-state index in [2.05, 4.69) is 5.92 Å². The van der Waals surface area contributed by atoms with Crippen LogP contribution in [0.1, 0.15) is 6.42 Å². The van der Waals surface area contributed by atoms with Crippen LogP contribution < -0.4 is 5.73 Å². The smallest absolute Gasteiger partial charge is 0.327 e. The zero-order valence-corrected chi connectivity index (χ0v) is 5.37. The Hall–Kier alpha value is -1.05. The second-order valence-electron chi connectivity index (χ2n) is 2.00. The molecule has 0 radical (unpaired) electrons. The third-order valence-electron chi connectivity index (χ3n) is 1.13. The van der Waals surface area contributed by atoms with E-state index >= 15 is 0 Å². The molecular formula is C6H9NO3. The van der Waals surface area contributed by atoms with Crippen molar-refractivity contribution in [1.82, 2.24) is 0 Å². The fourth-order valence-electron chi connectivity index (χ4n) is 0.381. The van der Waals surface area contributed by atoms with Crippen LogP contribution >= 0.6 is 0 Å². The standard InChI is InChI=1S/C6H9NO3/c1-2-3-6(7,4-8)5(9)10/h1,8H,3-4,7H2,(H,9,10)/t6-/m0/s1. The van der Waals surface area contributed by atoms with E-state index in [0.29, 0.717) is 0 Å². The van der Waals surface area contributed by atoms with Crippen molar-refractivity contribution in [2.24, 2.45) is 5.73 Å². The summed E-state index contributed by atoms with van der Waals surface area (Å²) in [4.78, 5) is 10.3. The number of carboxylic acid groups (broad SMARTS) is 1. The highest BCUT2D eigenvalue weighted by Crippen LogP contribution is 2.03. The van der Waals surface area contributed by atoms with E-state index in [1.54, 1.807) is 0 Å². The molecule has 0 bridgehead atoms. The number of carboxylic acids is 1. The van der Waals surface area contributed by atoms with Gasteiger partial charge in [0.2, 0.25) is 0 Å². The van der Waals surface area contributed by atoms with E-state index in [4.69, 9.17) is 22.4 Å². The van der Waals surface area contributed by atoms with Gasteiger partial charge in [0.25, 0.3) is 0 Å². The van der Waals surface area contributed by atoms with Gasteiger partial charge in [0.05, 0.1) is 6.61 Å². The molecule has 4 N–H and O–H groups in total. The molecule has 0 aliphatic heterocycles. The number of aliphatic hydroxyl groups is 1. The summed E-state index contributed by atoms with van der Waals surface area (Å²) < 4.78 is 0. The van der Waals surface area contributed by atoms with Crippen molar-refractivity contribution in [2.45, 2.75) is 12.0 Å². The van der Waals surface area contributed by atoms with E-state index in [1.165, 1.54) is 0 Å². The van der Waals surface area contributed by atoms with Crippen molar-refractivity contribution < 1.29 is 15.0 Å². The van der Waals surface area contributed by atoms with Crippen LogP contribution in [-0.4, -0.2) is 28.3 Å². The fourth-order valence-corrected chi connectivity index (χ4v) is 0.381.